The summed E-state index contributed by atoms with van der Waals surface area (Å²) in [4.78, 5) is 14.0. The molecule has 1 aromatic rings. The number of aliphatic imine (C=N–C) groups is 1. The van der Waals surface area contributed by atoms with E-state index in [1.807, 2.05) is 0 Å². The lowest BCUT2D eigenvalue weighted by Crippen LogP contribution is -2.02. The summed E-state index contributed by atoms with van der Waals surface area (Å²) in [7, 11) is 0. The fourth-order valence-corrected chi connectivity index (χ4v) is 1.70. The van der Waals surface area contributed by atoms with Crippen molar-refractivity contribution in [3.05, 3.63) is 23.3 Å². The Morgan fingerprint density at radius 3 is 2.53 bits per heavy atom. The van der Waals surface area contributed by atoms with E-state index < -0.39 is 5.54 Å². The maximum atomic E-state index is 10.3. The number of rotatable bonds is 2. The Balaban J connectivity index is 2.51. The highest BCUT2D eigenvalue weighted by atomic mass is 16.3. The first-order valence-corrected chi connectivity index (χ1v) is 4.71. The van der Waals surface area contributed by atoms with E-state index in [9.17, 15) is 15.0 Å². The molecule has 1 aliphatic carbocycles. The molecular formula is C11H11NO3. The molecule has 0 heterocycles. The maximum Gasteiger partial charge on any atom is 0.235 e. The van der Waals surface area contributed by atoms with Gasteiger partial charge in [0.05, 0.1) is 5.54 Å². The molecule has 4 heteroatoms. The van der Waals surface area contributed by atoms with E-state index in [1.54, 1.807) is 19.1 Å². The lowest BCUT2D eigenvalue weighted by Gasteiger charge is -2.11. The fraction of sp³-hybridized carbons (Fsp3) is 0.364. The first-order chi connectivity index (χ1) is 7.09. The van der Waals surface area contributed by atoms with Gasteiger partial charge >= 0.3 is 0 Å². The smallest absolute Gasteiger partial charge is 0.235 e. The van der Waals surface area contributed by atoms with Gasteiger partial charge in [-0.3, -0.25) is 0 Å². The summed E-state index contributed by atoms with van der Waals surface area (Å²) < 4.78 is 0. The molecule has 15 heavy (non-hydrogen) atoms. The van der Waals surface area contributed by atoms with Crippen LogP contribution in [0.4, 0.5) is 0 Å². The molecule has 0 aromatic heterocycles. The first-order valence-electron chi connectivity index (χ1n) is 4.71. The van der Waals surface area contributed by atoms with Crippen molar-refractivity contribution >= 4 is 6.08 Å². The van der Waals surface area contributed by atoms with Gasteiger partial charge in [0, 0.05) is 0 Å². The third-order valence-corrected chi connectivity index (χ3v) is 2.80. The average molecular weight is 205 g/mol. The van der Waals surface area contributed by atoms with Crippen LogP contribution in [0.3, 0.4) is 0 Å². The van der Waals surface area contributed by atoms with Gasteiger partial charge in [-0.05, 0) is 43.0 Å². The van der Waals surface area contributed by atoms with Gasteiger partial charge < -0.3 is 10.2 Å². The molecule has 0 radical (unpaired) electrons. The van der Waals surface area contributed by atoms with Crippen molar-refractivity contribution in [1.29, 1.82) is 0 Å². The van der Waals surface area contributed by atoms with Crippen molar-refractivity contribution < 1.29 is 15.0 Å². The third-order valence-electron chi connectivity index (χ3n) is 2.80. The minimum absolute atomic E-state index is 0.121. The van der Waals surface area contributed by atoms with Crippen LogP contribution in [0.25, 0.3) is 0 Å². The van der Waals surface area contributed by atoms with Gasteiger partial charge in [0.1, 0.15) is 0 Å². The largest absolute Gasteiger partial charge is 0.504 e. The summed E-state index contributed by atoms with van der Waals surface area (Å²) in [5.74, 6) is -0.290. The summed E-state index contributed by atoms with van der Waals surface area (Å²) in [5, 5.41) is 18.8. The van der Waals surface area contributed by atoms with Crippen LogP contribution in [-0.2, 0) is 10.3 Å². The number of carbonyl (C=O) groups excluding carboxylic acids is 1. The highest BCUT2D eigenvalue weighted by Gasteiger charge is 2.45. The number of hydrogen-bond donors (Lipinski definition) is 2. The van der Waals surface area contributed by atoms with Gasteiger partial charge in [-0.15, -0.1) is 0 Å². The minimum Gasteiger partial charge on any atom is -0.504 e. The summed E-state index contributed by atoms with van der Waals surface area (Å²) in [6.07, 6.45) is 3.12. The third kappa shape index (κ3) is 1.49. The average Bonchev–Trinajstić information content (AvgIpc) is 2.95. The second kappa shape index (κ2) is 3.11. The number of phenols is 2. The number of aryl methyl sites for hydroxylation is 1. The fourth-order valence-electron chi connectivity index (χ4n) is 1.70. The SMILES string of the molecule is Cc1cc(C2(N=C=O)CC2)cc(O)c1O. The molecule has 1 aliphatic rings. The zero-order valence-corrected chi connectivity index (χ0v) is 8.32. The van der Waals surface area contributed by atoms with Crippen LogP contribution in [0.2, 0.25) is 0 Å². The van der Waals surface area contributed by atoms with Crippen molar-refractivity contribution in [3.63, 3.8) is 0 Å². The van der Waals surface area contributed by atoms with Crippen molar-refractivity contribution in [3.8, 4) is 11.5 Å². The molecule has 1 fully saturated rings. The molecule has 78 valence electrons. The quantitative estimate of drug-likeness (QED) is 0.439. The molecule has 0 bridgehead atoms. The molecule has 2 rings (SSSR count). The van der Waals surface area contributed by atoms with Crippen LogP contribution in [0.15, 0.2) is 17.1 Å². The monoisotopic (exact) mass is 205 g/mol. The van der Waals surface area contributed by atoms with E-state index in [2.05, 4.69) is 4.99 Å². The molecule has 0 atom stereocenters. The van der Waals surface area contributed by atoms with Crippen LogP contribution < -0.4 is 0 Å². The van der Waals surface area contributed by atoms with Gasteiger partial charge in [0.15, 0.2) is 11.5 Å². The molecular weight excluding hydrogens is 194 g/mol. The summed E-state index contributed by atoms with van der Waals surface area (Å²) in [6.45, 7) is 1.69. The number of benzene rings is 1. The summed E-state index contributed by atoms with van der Waals surface area (Å²) >= 11 is 0. The second-order valence-electron chi connectivity index (χ2n) is 3.90. The van der Waals surface area contributed by atoms with E-state index in [1.165, 1.54) is 6.07 Å². The Morgan fingerprint density at radius 1 is 1.40 bits per heavy atom. The van der Waals surface area contributed by atoms with Crippen molar-refractivity contribution in [1.82, 2.24) is 0 Å². The lowest BCUT2D eigenvalue weighted by atomic mass is 10.0. The van der Waals surface area contributed by atoms with Gasteiger partial charge in [-0.1, -0.05) is 0 Å². The van der Waals surface area contributed by atoms with E-state index in [-0.39, 0.29) is 11.5 Å². The number of isocyanates is 1. The van der Waals surface area contributed by atoms with Crippen molar-refractivity contribution in [2.75, 3.05) is 0 Å². The number of aromatic hydroxyl groups is 2. The molecule has 1 aromatic carbocycles. The van der Waals surface area contributed by atoms with E-state index in [4.69, 9.17) is 0 Å². The van der Waals surface area contributed by atoms with Gasteiger partial charge in [-0.2, -0.15) is 4.99 Å². The highest BCUT2D eigenvalue weighted by molar-refractivity contribution is 5.51. The minimum atomic E-state index is -0.502. The number of phenolic OH excluding ortho intramolecular Hbond substituents is 2. The number of nitrogens with zero attached hydrogens (tertiary/aromatic N) is 1. The molecule has 1 saturated carbocycles. The molecule has 4 nitrogen and oxygen atoms in total. The van der Waals surface area contributed by atoms with E-state index >= 15 is 0 Å². The predicted molar refractivity (Wildman–Crippen MR) is 53.5 cm³/mol. The Morgan fingerprint density at radius 2 is 2.07 bits per heavy atom. The normalized spacial score (nSPS) is 16.9. The summed E-state index contributed by atoms with van der Waals surface area (Å²) in [6, 6.07) is 3.19. The first kappa shape index (κ1) is 9.74. The standard InChI is InChI=1S/C11H11NO3/c1-7-4-8(5-9(14)10(7)15)11(2-3-11)12-6-13/h4-5,14-15H,2-3H2,1H3. The Kier molecular flexibility index (Phi) is 2.02. The van der Waals surface area contributed by atoms with Gasteiger partial charge in [0.25, 0.3) is 0 Å². The maximum absolute atomic E-state index is 10.3. The van der Waals surface area contributed by atoms with Gasteiger partial charge in [-0.25, -0.2) is 4.79 Å². The Labute approximate surface area is 86.9 Å². The molecule has 0 unspecified atom stereocenters. The second-order valence-corrected chi connectivity index (χ2v) is 3.90. The molecule has 2 N–H and O–H groups in total. The molecule has 0 aliphatic heterocycles. The van der Waals surface area contributed by atoms with Crippen LogP contribution in [0.1, 0.15) is 24.0 Å². The van der Waals surface area contributed by atoms with Crippen molar-refractivity contribution in [2.45, 2.75) is 25.3 Å². The Hall–Kier alpha value is -1.80. The van der Waals surface area contributed by atoms with Crippen LogP contribution in [0.5, 0.6) is 11.5 Å². The van der Waals surface area contributed by atoms with E-state index in [0.717, 1.165) is 18.4 Å². The zero-order valence-electron chi connectivity index (χ0n) is 8.32. The van der Waals surface area contributed by atoms with Crippen molar-refractivity contribution in [2.24, 2.45) is 4.99 Å². The lowest BCUT2D eigenvalue weighted by molar-refractivity contribution is 0.399. The zero-order chi connectivity index (χ0) is 11.1. The predicted octanol–water partition coefficient (Wildman–Crippen LogP) is 1.73. The van der Waals surface area contributed by atoms with Crippen LogP contribution in [-0.4, -0.2) is 16.3 Å². The molecule has 0 amide bonds. The van der Waals surface area contributed by atoms with Crippen LogP contribution in [0, 0.1) is 6.92 Å². The summed E-state index contributed by atoms with van der Waals surface area (Å²) in [5.41, 5.74) is 0.841. The highest BCUT2D eigenvalue weighted by Crippen LogP contribution is 2.51. The molecule has 0 saturated heterocycles. The Bertz CT molecular complexity index is 434. The van der Waals surface area contributed by atoms with Crippen LogP contribution >= 0.6 is 0 Å². The molecule has 0 spiro atoms. The topological polar surface area (TPSA) is 69.9 Å². The van der Waals surface area contributed by atoms with E-state index in [0.29, 0.717) is 5.56 Å². The van der Waals surface area contributed by atoms with Gasteiger partial charge in [0.2, 0.25) is 6.08 Å². The number of hydrogen-bond acceptors (Lipinski definition) is 4.